The van der Waals surface area contributed by atoms with Crippen molar-refractivity contribution in [1.29, 1.82) is 0 Å². The first-order valence-corrected chi connectivity index (χ1v) is 9.09. The van der Waals surface area contributed by atoms with E-state index >= 15 is 0 Å². The summed E-state index contributed by atoms with van der Waals surface area (Å²) in [6, 6.07) is 13.1. The lowest BCUT2D eigenvalue weighted by molar-refractivity contribution is 0.0963. The number of pyridine rings is 1. The maximum Gasteiger partial charge on any atom is 0.251 e. The summed E-state index contributed by atoms with van der Waals surface area (Å²) in [5, 5.41) is 6.47. The Bertz CT molecular complexity index is 1220. The molecule has 2 N–H and O–H groups in total. The van der Waals surface area contributed by atoms with Crippen LogP contribution in [0.25, 0.3) is 22.3 Å². The quantitative estimate of drug-likeness (QED) is 0.517. The minimum atomic E-state index is -0.504. The number of nitrogens with one attached hydrogen (secondary N) is 2. The van der Waals surface area contributed by atoms with E-state index in [2.05, 4.69) is 25.6 Å². The zero-order valence-electron chi connectivity index (χ0n) is 15.3. The molecule has 0 saturated carbocycles. The van der Waals surface area contributed by atoms with Gasteiger partial charge in [-0.15, -0.1) is 0 Å². The Balaban J connectivity index is 1.88. The molecule has 0 unspecified atom stereocenters. The first-order chi connectivity index (χ1) is 14.0. The molecule has 2 aromatic heterocycles. The summed E-state index contributed by atoms with van der Waals surface area (Å²) in [4.78, 5) is 25.4. The van der Waals surface area contributed by atoms with E-state index in [1.54, 1.807) is 49.8 Å². The van der Waals surface area contributed by atoms with Gasteiger partial charge in [-0.3, -0.25) is 9.78 Å². The Labute approximate surface area is 170 Å². The predicted molar refractivity (Wildman–Crippen MR) is 111 cm³/mol. The molecule has 0 atom stereocenters. The molecule has 1 amide bonds. The molecule has 0 aliphatic heterocycles. The molecule has 4 rings (SSSR count). The van der Waals surface area contributed by atoms with Crippen molar-refractivity contribution in [3.05, 3.63) is 77.3 Å². The second-order valence-corrected chi connectivity index (χ2v) is 6.61. The number of carbonyl (C=O) groups is 1. The summed E-state index contributed by atoms with van der Waals surface area (Å²) in [6.07, 6.45) is 3.32. The molecular formula is C21H15ClFN5O. The van der Waals surface area contributed by atoms with Gasteiger partial charge in [0.2, 0.25) is 0 Å². The number of amides is 1. The van der Waals surface area contributed by atoms with Gasteiger partial charge in [0.25, 0.3) is 5.91 Å². The van der Waals surface area contributed by atoms with Crippen LogP contribution in [-0.4, -0.2) is 27.9 Å². The highest BCUT2D eigenvalue weighted by atomic mass is 35.5. The van der Waals surface area contributed by atoms with Gasteiger partial charge in [0.15, 0.2) is 5.82 Å². The van der Waals surface area contributed by atoms with E-state index < -0.39 is 5.82 Å². The van der Waals surface area contributed by atoms with Crippen LogP contribution in [0.3, 0.4) is 0 Å². The Morgan fingerprint density at radius 3 is 2.69 bits per heavy atom. The van der Waals surface area contributed by atoms with Crippen LogP contribution in [0.1, 0.15) is 10.4 Å². The fraction of sp³-hybridized carbons (Fsp3) is 0.0476. The fourth-order valence-corrected chi connectivity index (χ4v) is 3.03. The fourth-order valence-electron chi connectivity index (χ4n) is 2.85. The Kier molecular flexibility index (Phi) is 5.05. The lowest BCUT2D eigenvalue weighted by atomic mass is 10.1. The van der Waals surface area contributed by atoms with E-state index in [0.29, 0.717) is 33.8 Å². The zero-order valence-corrected chi connectivity index (χ0v) is 16.0. The number of fused-ring (bicyclic) bond motifs is 1. The van der Waals surface area contributed by atoms with Crippen LogP contribution >= 0.6 is 11.6 Å². The maximum atomic E-state index is 13.5. The summed E-state index contributed by atoms with van der Waals surface area (Å²) < 4.78 is 13.5. The van der Waals surface area contributed by atoms with E-state index in [9.17, 15) is 9.18 Å². The molecule has 0 aliphatic carbocycles. The first-order valence-electron chi connectivity index (χ1n) is 8.71. The van der Waals surface area contributed by atoms with Crippen LogP contribution in [0.5, 0.6) is 0 Å². The number of hydrogen-bond donors (Lipinski definition) is 2. The smallest absolute Gasteiger partial charge is 0.251 e. The minimum Gasteiger partial charge on any atom is -0.355 e. The van der Waals surface area contributed by atoms with Gasteiger partial charge in [-0.25, -0.2) is 14.4 Å². The van der Waals surface area contributed by atoms with Gasteiger partial charge < -0.3 is 10.6 Å². The molecule has 2 aromatic carbocycles. The van der Waals surface area contributed by atoms with Crippen molar-refractivity contribution in [3.8, 4) is 11.4 Å². The van der Waals surface area contributed by atoms with Gasteiger partial charge in [0.05, 0.1) is 10.5 Å². The Hall–Kier alpha value is -3.58. The minimum absolute atomic E-state index is 0.00254. The number of aromatic nitrogens is 3. The predicted octanol–water partition coefficient (Wildman–Crippen LogP) is 4.59. The normalized spacial score (nSPS) is 10.7. The van der Waals surface area contributed by atoms with Crippen LogP contribution in [0.15, 0.2) is 60.9 Å². The van der Waals surface area contributed by atoms with Crippen LogP contribution in [0, 0.1) is 5.82 Å². The number of nitrogens with zero attached hydrogens (tertiary/aromatic N) is 3. The number of benzene rings is 2. The van der Waals surface area contributed by atoms with Crippen molar-refractivity contribution in [1.82, 2.24) is 20.3 Å². The van der Waals surface area contributed by atoms with Crippen LogP contribution in [0.2, 0.25) is 5.02 Å². The summed E-state index contributed by atoms with van der Waals surface area (Å²) in [6.45, 7) is 0. The van der Waals surface area contributed by atoms with Crippen molar-refractivity contribution in [2.45, 2.75) is 0 Å². The lowest BCUT2D eigenvalue weighted by Gasteiger charge is -2.12. The third-order valence-corrected chi connectivity index (χ3v) is 4.58. The molecule has 2 heterocycles. The average Bonchev–Trinajstić information content (AvgIpc) is 2.75. The standard InChI is InChI=1S/C21H15ClFN5O/c1-24-21(29)12-4-6-15-18(9-12)27-19(13-3-2-8-25-11-13)28-20(15)26-14-5-7-17(23)16(22)10-14/h2-11H,1H3,(H,24,29)(H,26,27,28). The van der Waals surface area contributed by atoms with Crippen LogP contribution in [0.4, 0.5) is 15.9 Å². The van der Waals surface area contributed by atoms with E-state index in [-0.39, 0.29) is 10.9 Å². The van der Waals surface area contributed by atoms with Gasteiger partial charge in [0, 0.05) is 41.6 Å². The molecule has 6 nitrogen and oxygen atoms in total. The molecule has 4 aromatic rings. The lowest BCUT2D eigenvalue weighted by Crippen LogP contribution is -2.17. The summed E-state index contributed by atoms with van der Waals surface area (Å²) in [7, 11) is 1.57. The number of carbonyl (C=O) groups excluding carboxylic acids is 1. The molecule has 0 radical (unpaired) electrons. The molecule has 8 heteroatoms. The molecular weight excluding hydrogens is 393 g/mol. The molecule has 0 fully saturated rings. The van der Waals surface area contributed by atoms with Crippen molar-refractivity contribution in [2.75, 3.05) is 12.4 Å². The Morgan fingerprint density at radius 1 is 1.10 bits per heavy atom. The van der Waals surface area contributed by atoms with E-state index in [0.717, 1.165) is 5.56 Å². The van der Waals surface area contributed by atoms with Crippen molar-refractivity contribution in [2.24, 2.45) is 0 Å². The van der Waals surface area contributed by atoms with Crippen molar-refractivity contribution in [3.63, 3.8) is 0 Å². The molecule has 0 spiro atoms. The number of hydrogen-bond acceptors (Lipinski definition) is 5. The Morgan fingerprint density at radius 2 is 1.97 bits per heavy atom. The van der Waals surface area contributed by atoms with Gasteiger partial charge in [-0.1, -0.05) is 11.6 Å². The maximum absolute atomic E-state index is 13.5. The molecule has 0 bridgehead atoms. The van der Waals surface area contributed by atoms with Crippen molar-refractivity contribution >= 4 is 39.9 Å². The highest BCUT2D eigenvalue weighted by Crippen LogP contribution is 2.29. The molecule has 29 heavy (non-hydrogen) atoms. The summed E-state index contributed by atoms with van der Waals surface area (Å²) in [5.74, 6) is 0.222. The highest BCUT2D eigenvalue weighted by Gasteiger charge is 2.13. The van der Waals surface area contributed by atoms with Gasteiger partial charge in [-0.05, 0) is 48.5 Å². The topological polar surface area (TPSA) is 79.8 Å². The first kappa shape index (κ1) is 18.8. The number of halogens is 2. The largest absolute Gasteiger partial charge is 0.355 e. The van der Waals surface area contributed by atoms with E-state index in [1.807, 2.05) is 6.07 Å². The second kappa shape index (κ2) is 7.81. The van der Waals surface area contributed by atoms with Crippen LogP contribution < -0.4 is 10.6 Å². The van der Waals surface area contributed by atoms with Gasteiger partial charge >= 0.3 is 0 Å². The summed E-state index contributed by atoms with van der Waals surface area (Å²) >= 11 is 5.90. The van der Waals surface area contributed by atoms with Gasteiger partial charge in [0.1, 0.15) is 11.6 Å². The van der Waals surface area contributed by atoms with E-state index in [1.165, 1.54) is 12.1 Å². The molecule has 144 valence electrons. The second-order valence-electron chi connectivity index (χ2n) is 6.20. The zero-order chi connectivity index (χ0) is 20.4. The molecule has 0 aliphatic rings. The SMILES string of the molecule is CNC(=O)c1ccc2c(Nc3ccc(F)c(Cl)c3)nc(-c3cccnc3)nc2c1. The third-order valence-electron chi connectivity index (χ3n) is 4.29. The average molecular weight is 408 g/mol. The number of anilines is 2. The summed E-state index contributed by atoms with van der Waals surface area (Å²) in [5.41, 5.74) is 2.35. The molecule has 0 saturated heterocycles. The van der Waals surface area contributed by atoms with Crippen LogP contribution in [-0.2, 0) is 0 Å². The number of rotatable bonds is 4. The third kappa shape index (κ3) is 3.86. The van der Waals surface area contributed by atoms with E-state index in [4.69, 9.17) is 11.6 Å². The monoisotopic (exact) mass is 407 g/mol. The van der Waals surface area contributed by atoms with Crippen molar-refractivity contribution < 1.29 is 9.18 Å². The highest BCUT2D eigenvalue weighted by molar-refractivity contribution is 6.31. The van der Waals surface area contributed by atoms with Gasteiger partial charge in [-0.2, -0.15) is 0 Å².